The normalized spacial score (nSPS) is 13.6. The third-order valence-corrected chi connectivity index (χ3v) is 5.17. The molecule has 34 heavy (non-hydrogen) atoms. The molecule has 8 radical (unpaired) electrons. The summed E-state index contributed by atoms with van der Waals surface area (Å²) in [7, 11) is 22.5. The number of hydrogen-bond donors (Lipinski definition) is 0. The second-order valence-electron chi connectivity index (χ2n) is 7.80. The Morgan fingerprint density at radius 2 is 1.79 bits per heavy atom. The third-order valence-electron chi connectivity index (χ3n) is 5.17. The summed E-state index contributed by atoms with van der Waals surface area (Å²) in [4.78, 5) is 30.0. The van der Waals surface area contributed by atoms with E-state index in [9.17, 15) is 14.0 Å². The number of pyridine rings is 1. The van der Waals surface area contributed by atoms with Gasteiger partial charge in [-0.15, -0.1) is 0 Å². The van der Waals surface area contributed by atoms with Crippen LogP contribution in [0.1, 0.15) is 21.6 Å². The minimum absolute atomic E-state index is 0.0647. The summed E-state index contributed by atoms with van der Waals surface area (Å²) in [6.45, 7) is 0.398. The lowest BCUT2D eigenvalue weighted by atomic mass is 9.43. The van der Waals surface area contributed by atoms with Crippen LogP contribution in [0.2, 0.25) is 0 Å². The minimum atomic E-state index is -2.97. The fourth-order valence-electron chi connectivity index (χ4n) is 3.19. The summed E-state index contributed by atoms with van der Waals surface area (Å²) >= 11 is 0. The van der Waals surface area contributed by atoms with Crippen molar-refractivity contribution in [2.75, 3.05) is 4.90 Å². The number of alkyl halides is 1. The summed E-state index contributed by atoms with van der Waals surface area (Å²) in [5, 5.41) is 1.69. The van der Waals surface area contributed by atoms with E-state index in [-0.39, 0.29) is 23.8 Å². The van der Waals surface area contributed by atoms with E-state index in [0.717, 1.165) is 5.56 Å². The molecule has 0 unspecified atom stereocenters. The second kappa shape index (κ2) is 8.70. The van der Waals surface area contributed by atoms with Crippen molar-refractivity contribution in [3.63, 3.8) is 0 Å². The Morgan fingerprint density at radius 3 is 2.44 bits per heavy atom. The summed E-state index contributed by atoms with van der Waals surface area (Å²) in [5.74, 6) is 0.758. The summed E-state index contributed by atoms with van der Waals surface area (Å²) in [6, 6.07) is 11.0. The number of nitrogens with zero attached hydrogens (tertiary/aromatic N) is 4. The van der Waals surface area contributed by atoms with Gasteiger partial charge in [0, 0.05) is 24.1 Å². The maximum absolute atomic E-state index is 13.6. The van der Waals surface area contributed by atoms with E-state index >= 15 is 0 Å². The van der Waals surface area contributed by atoms with Crippen molar-refractivity contribution >= 4 is 43.1 Å². The van der Waals surface area contributed by atoms with Gasteiger partial charge in [0.2, 0.25) is 0 Å². The lowest BCUT2D eigenvalue weighted by Crippen LogP contribution is -2.57. The topological polar surface area (TPSA) is 86.5 Å². The first-order valence-electron chi connectivity index (χ1n) is 10.0. The van der Waals surface area contributed by atoms with Gasteiger partial charge >= 0.3 is 0 Å². The van der Waals surface area contributed by atoms with Crippen molar-refractivity contribution < 1.29 is 18.7 Å². The number of anilines is 1. The Kier molecular flexibility index (Phi) is 6.05. The van der Waals surface area contributed by atoms with Crippen molar-refractivity contribution in [1.29, 1.82) is 0 Å². The van der Waals surface area contributed by atoms with Crippen molar-refractivity contribution in [3.8, 4) is 11.5 Å². The molecule has 1 aliphatic heterocycles. The quantitative estimate of drug-likeness (QED) is 0.481. The molecular weight excluding hydrogens is 435 g/mol. The Hall–Kier alpha value is -3.49. The first-order valence-corrected chi connectivity index (χ1v) is 10.0. The lowest BCUT2D eigenvalue weighted by molar-refractivity contribution is 0.0995. The van der Waals surface area contributed by atoms with E-state index in [1.807, 2.05) is 0 Å². The van der Waals surface area contributed by atoms with E-state index in [2.05, 4.69) is 10.1 Å². The molecule has 3 aromatic rings. The van der Waals surface area contributed by atoms with Crippen LogP contribution in [0.4, 0.5) is 10.2 Å². The molecule has 13 heteroatoms. The van der Waals surface area contributed by atoms with Gasteiger partial charge < -0.3 is 9.47 Å². The highest BCUT2D eigenvalue weighted by atomic mass is 19.1. The number of amides is 1. The molecule has 0 N–H and O–H groups in total. The van der Waals surface area contributed by atoms with Crippen LogP contribution < -0.4 is 19.9 Å². The molecule has 0 atom stereocenters. The number of fused-ring (bicyclic) bond motifs is 1. The first kappa shape index (κ1) is 23.7. The van der Waals surface area contributed by atoms with E-state index in [1.54, 1.807) is 24.3 Å². The van der Waals surface area contributed by atoms with Crippen LogP contribution in [0.3, 0.4) is 0 Å². The predicted octanol–water partition coefficient (Wildman–Crippen LogP) is 0.245. The van der Waals surface area contributed by atoms with Gasteiger partial charge in [-0.3, -0.25) is 23.9 Å². The standard InChI is InChI=1S/C21H15B4FN4O4/c1-29-18(31)7-6-17(28-29)30-10-12-8-14(4-5-16(12)19(30)32)33-11-13-2-3-15(9-27-13)34-21(24,25)20(22,23)26/h2-9H,10-11H2,1H3. The van der Waals surface area contributed by atoms with Gasteiger partial charge in [0.1, 0.15) is 49.5 Å². The van der Waals surface area contributed by atoms with Gasteiger partial charge in [-0.25, -0.2) is 4.68 Å². The van der Waals surface area contributed by atoms with Gasteiger partial charge in [0.25, 0.3) is 11.5 Å². The Morgan fingerprint density at radius 1 is 1.06 bits per heavy atom. The third kappa shape index (κ3) is 4.73. The van der Waals surface area contributed by atoms with Crippen LogP contribution in [-0.2, 0) is 20.2 Å². The number of halogens is 1. The van der Waals surface area contributed by atoms with Gasteiger partial charge in [-0.2, -0.15) is 5.10 Å². The van der Waals surface area contributed by atoms with Crippen molar-refractivity contribution in [2.45, 2.75) is 24.0 Å². The number of carbonyl (C=O) groups excluding carboxylic acids is 1. The number of carbonyl (C=O) groups is 1. The number of aromatic nitrogens is 3. The monoisotopic (exact) mass is 450 g/mol. The fraction of sp³-hybridized carbons (Fsp3) is 0.238. The highest BCUT2D eigenvalue weighted by Gasteiger charge is 2.36. The predicted molar refractivity (Wildman–Crippen MR) is 125 cm³/mol. The number of aryl methyl sites for hydroxylation is 1. The molecule has 1 aromatic carbocycles. The number of benzene rings is 1. The summed E-state index contributed by atoms with van der Waals surface area (Å²) in [6.07, 6.45) is 1.28. The average molecular weight is 450 g/mol. The number of rotatable bonds is 7. The molecule has 0 fully saturated rings. The molecule has 0 aliphatic carbocycles. The molecule has 2 aromatic heterocycles. The highest BCUT2D eigenvalue weighted by molar-refractivity contribution is 6.53. The molecule has 8 nitrogen and oxygen atoms in total. The van der Waals surface area contributed by atoms with Gasteiger partial charge in [-0.05, 0) is 42.0 Å². The summed E-state index contributed by atoms with van der Waals surface area (Å²) < 4.78 is 25.6. The molecule has 0 saturated heterocycles. The smallest absolute Gasteiger partial charge is 0.266 e. The SMILES string of the molecule is [B]C([B])(F)C([B])([B])Oc1ccc(COc2ccc3c(c2)CN(c2ccc(=O)n(C)n2)C3=O)nc1. The van der Waals surface area contributed by atoms with Crippen LogP contribution in [0.25, 0.3) is 0 Å². The van der Waals surface area contributed by atoms with Crippen LogP contribution in [-0.4, -0.2) is 62.9 Å². The first-order chi connectivity index (χ1) is 15.9. The average Bonchev–Trinajstić information content (AvgIpc) is 3.10. The zero-order valence-electron chi connectivity index (χ0n) is 18.1. The highest BCUT2D eigenvalue weighted by Crippen LogP contribution is 2.30. The minimum Gasteiger partial charge on any atom is -0.504 e. The van der Waals surface area contributed by atoms with Crippen LogP contribution in [0, 0.1) is 0 Å². The van der Waals surface area contributed by atoms with E-state index < -0.39 is 10.9 Å². The fourth-order valence-corrected chi connectivity index (χ4v) is 3.19. The largest absolute Gasteiger partial charge is 0.504 e. The Labute approximate surface area is 200 Å². The molecule has 1 amide bonds. The Bertz CT molecular complexity index is 1300. The zero-order chi connectivity index (χ0) is 24.7. The maximum atomic E-state index is 13.6. The van der Waals surface area contributed by atoms with Gasteiger partial charge in [-0.1, -0.05) is 0 Å². The molecule has 0 bridgehead atoms. The van der Waals surface area contributed by atoms with E-state index in [1.165, 1.54) is 41.0 Å². The second-order valence-corrected chi connectivity index (χ2v) is 7.80. The molecular formula is C21H15B4FN4O4. The molecule has 162 valence electrons. The van der Waals surface area contributed by atoms with Gasteiger partial charge in [0.05, 0.1) is 23.9 Å². The van der Waals surface area contributed by atoms with E-state index in [4.69, 9.17) is 40.9 Å². The summed E-state index contributed by atoms with van der Waals surface area (Å²) in [5.41, 5.74) is -1.41. The lowest BCUT2D eigenvalue weighted by Gasteiger charge is -2.38. The van der Waals surface area contributed by atoms with Crippen molar-refractivity contribution in [1.82, 2.24) is 14.8 Å². The number of ether oxygens (including phenoxy) is 2. The maximum Gasteiger partial charge on any atom is 0.266 e. The van der Waals surface area contributed by atoms with Gasteiger partial charge in [0.15, 0.2) is 5.82 Å². The molecule has 0 saturated carbocycles. The number of hydrogen-bond acceptors (Lipinski definition) is 6. The van der Waals surface area contributed by atoms with Crippen LogP contribution in [0.15, 0.2) is 53.5 Å². The molecule has 3 heterocycles. The zero-order valence-corrected chi connectivity index (χ0v) is 18.1. The van der Waals surface area contributed by atoms with Crippen molar-refractivity contribution in [2.24, 2.45) is 7.05 Å². The Balaban J connectivity index is 1.41. The van der Waals surface area contributed by atoms with Crippen molar-refractivity contribution in [3.05, 3.63) is 75.8 Å². The molecule has 4 rings (SSSR count). The molecule has 0 spiro atoms. The van der Waals surface area contributed by atoms with Crippen LogP contribution in [0.5, 0.6) is 11.5 Å². The molecule has 1 aliphatic rings. The van der Waals surface area contributed by atoms with Crippen LogP contribution >= 0.6 is 0 Å². The van der Waals surface area contributed by atoms with E-state index in [0.29, 0.717) is 29.4 Å².